The highest BCUT2D eigenvalue weighted by Crippen LogP contribution is 2.33. The summed E-state index contributed by atoms with van der Waals surface area (Å²) in [6.07, 6.45) is 0.767. The molecule has 2 rings (SSSR count). The summed E-state index contributed by atoms with van der Waals surface area (Å²) in [5.41, 5.74) is 1.12. The highest BCUT2D eigenvalue weighted by Gasteiger charge is 2.16. The molecule has 0 amide bonds. The third-order valence-electron chi connectivity index (χ3n) is 2.64. The van der Waals surface area contributed by atoms with Crippen molar-refractivity contribution in [3.63, 3.8) is 0 Å². The summed E-state index contributed by atoms with van der Waals surface area (Å²) in [4.78, 5) is 15.6. The molecule has 0 saturated heterocycles. The fourth-order valence-corrected chi connectivity index (χ4v) is 2.89. The van der Waals surface area contributed by atoms with Crippen molar-refractivity contribution in [2.75, 3.05) is 0 Å². The lowest BCUT2D eigenvalue weighted by Crippen LogP contribution is -1.90. The number of hydrogen-bond donors (Lipinski definition) is 1. The van der Waals surface area contributed by atoms with E-state index in [0.29, 0.717) is 16.3 Å². The quantitative estimate of drug-likeness (QED) is 0.693. The lowest BCUT2D eigenvalue weighted by atomic mass is 10.2. The van der Waals surface area contributed by atoms with Crippen LogP contribution in [0.5, 0.6) is 0 Å². The van der Waals surface area contributed by atoms with Gasteiger partial charge in [0, 0.05) is 16.5 Å². The smallest absolute Gasteiger partial charge is 0.288 e. The largest absolute Gasteiger partial charge is 0.390 e. The van der Waals surface area contributed by atoms with E-state index in [1.807, 2.05) is 6.92 Å². The highest BCUT2D eigenvalue weighted by atomic mass is 35.5. The molecular weight excluding hydrogens is 288 g/mol. The summed E-state index contributed by atoms with van der Waals surface area (Å²) in [5.74, 6) is 0. The molecule has 1 N–H and O–H groups in total. The van der Waals surface area contributed by atoms with Crippen LogP contribution < -0.4 is 0 Å². The molecule has 7 heteroatoms. The second-order valence-electron chi connectivity index (χ2n) is 3.82. The first-order valence-electron chi connectivity index (χ1n) is 5.60. The Kier molecular flexibility index (Phi) is 4.14. The van der Waals surface area contributed by atoms with Crippen molar-refractivity contribution in [1.82, 2.24) is 4.98 Å². The maximum absolute atomic E-state index is 10.9. The van der Waals surface area contributed by atoms with Crippen LogP contribution >= 0.6 is 22.9 Å². The second kappa shape index (κ2) is 5.64. The molecule has 0 unspecified atom stereocenters. The van der Waals surface area contributed by atoms with Gasteiger partial charge in [0.2, 0.25) is 0 Å². The number of nitro benzene ring substituents is 1. The number of rotatable bonds is 4. The van der Waals surface area contributed by atoms with Crippen molar-refractivity contribution < 1.29 is 10.0 Å². The second-order valence-corrected chi connectivity index (χ2v) is 5.31. The Labute approximate surface area is 118 Å². The molecule has 0 fully saturated rings. The molecular formula is C12H11ClN2O3S. The zero-order valence-electron chi connectivity index (χ0n) is 10.1. The topological polar surface area (TPSA) is 76.3 Å². The number of aliphatic hydroxyl groups excluding tert-OH is 1. The average molecular weight is 299 g/mol. The Hall–Kier alpha value is -1.50. The van der Waals surface area contributed by atoms with Gasteiger partial charge in [0.05, 0.1) is 17.2 Å². The fraction of sp³-hybridized carbons (Fsp3) is 0.250. The number of aliphatic hydroxyl groups is 1. The summed E-state index contributed by atoms with van der Waals surface area (Å²) in [5, 5.41) is 20.8. The van der Waals surface area contributed by atoms with E-state index in [9.17, 15) is 15.2 Å². The van der Waals surface area contributed by atoms with Gasteiger partial charge in [-0.25, -0.2) is 4.98 Å². The van der Waals surface area contributed by atoms with Crippen LogP contribution in [0.15, 0.2) is 18.2 Å². The molecule has 0 aliphatic carbocycles. The van der Waals surface area contributed by atoms with Gasteiger partial charge in [-0.2, -0.15) is 0 Å². The molecule has 5 nitrogen and oxygen atoms in total. The standard InChI is InChI=1S/C12H11ClN2O3S/c1-2-11-9(6-16)14-12(19-11)7-3-4-8(13)10(5-7)15(17)18/h3-5,16H,2,6H2,1H3. The van der Waals surface area contributed by atoms with Crippen LogP contribution in [-0.2, 0) is 13.0 Å². The van der Waals surface area contributed by atoms with Gasteiger partial charge >= 0.3 is 0 Å². The van der Waals surface area contributed by atoms with Gasteiger partial charge in [-0.05, 0) is 18.6 Å². The van der Waals surface area contributed by atoms with E-state index in [2.05, 4.69) is 4.98 Å². The van der Waals surface area contributed by atoms with E-state index in [1.54, 1.807) is 6.07 Å². The third-order valence-corrected chi connectivity index (χ3v) is 4.25. The molecule has 0 spiro atoms. The van der Waals surface area contributed by atoms with E-state index in [0.717, 1.165) is 11.3 Å². The SMILES string of the molecule is CCc1sc(-c2ccc(Cl)c([N+](=O)[O-])c2)nc1CO. The first-order valence-corrected chi connectivity index (χ1v) is 6.80. The minimum atomic E-state index is -0.521. The predicted octanol–water partition coefficient (Wildman–Crippen LogP) is 3.43. The van der Waals surface area contributed by atoms with Gasteiger partial charge in [0.25, 0.3) is 5.69 Å². The van der Waals surface area contributed by atoms with Crippen molar-refractivity contribution in [3.8, 4) is 10.6 Å². The molecule has 0 atom stereocenters. The molecule has 0 saturated carbocycles. The van der Waals surface area contributed by atoms with E-state index in [-0.39, 0.29) is 17.3 Å². The molecule has 1 aromatic carbocycles. The Morgan fingerprint density at radius 3 is 2.79 bits per heavy atom. The molecule has 0 bridgehead atoms. The number of aromatic nitrogens is 1. The van der Waals surface area contributed by atoms with Crippen LogP contribution in [-0.4, -0.2) is 15.0 Å². The van der Waals surface area contributed by atoms with E-state index in [4.69, 9.17) is 11.6 Å². The summed E-state index contributed by atoms with van der Waals surface area (Å²) in [6, 6.07) is 4.58. The zero-order valence-corrected chi connectivity index (χ0v) is 11.7. The summed E-state index contributed by atoms with van der Waals surface area (Å²) >= 11 is 7.20. The Morgan fingerprint density at radius 1 is 1.53 bits per heavy atom. The first-order chi connectivity index (χ1) is 9.06. The van der Waals surface area contributed by atoms with Crippen LogP contribution in [0.25, 0.3) is 10.6 Å². The lowest BCUT2D eigenvalue weighted by molar-refractivity contribution is -0.384. The summed E-state index contributed by atoms with van der Waals surface area (Å²) in [7, 11) is 0. The summed E-state index contributed by atoms with van der Waals surface area (Å²) < 4.78 is 0. The van der Waals surface area contributed by atoms with E-state index in [1.165, 1.54) is 23.5 Å². The molecule has 0 aliphatic rings. The minimum absolute atomic E-state index is 0.100. The van der Waals surface area contributed by atoms with E-state index < -0.39 is 4.92 Å². The van der Waals surface area contributed by atoms with Crippen molar-refractivity contribution in [2.24, 2.45) is 0 Å². The number of halogens is 1. The lowest BCUT2D eigenvalue weighted by Gasteiger charge is -1.98. The normalized spacial score (nSPS) is 10.7. The average Bonchev–Trinajstić information content (AvgIpc) is 2.82. The summed E-state index contributed by atoms with van der Waals surface area (Å²) in [6.45, 7) is 1.84. The highest BCUT2D eigenvalue weighted by molar-refractivity contribution is 7.15. The first kappa shape index (κ1) is 13.9. The van der Waals surface area contributed by atoms with Gasteiger partial charge in [-0.3, -0.25) is 10.1 Å². The maximum Gasteiger partial charge on any atom is 0.288 e. The third kappa shape index (κ3) is 2.75. The zero-order chi connectivity index (χ0) is 14.0. The Morgan fingerprint density at radius 2 is 2.26 bits per heavy atom. The van der Waals surface area contributed by atoms with Crippen molar-refractivity contribution in [1.29, 1.82) is 0 Å². The van der Waals surface area contributed by atoms with Crippen LogP contribution in [0.3, 0.4) is 0 Å². The molecule has 19 heavy (non-hydrogen) atoms. The van der Waals surface area contributed by atoms with Crippen LogP contribution in [0.4, 0.5) is 5.69 Å². The number of nitro groups is 1. The van der Waals surface area contributed by atoms with Crippen molar-refractivity contribution in [2.45, 2.75) is 20.0 Å². The van der Waals surface area contributed by atoms with Crippen molar-refractivity contribution in [3.05, 3.63) is 43.9 Å². The van der Waals surface area contributed by atoms with Crippen molar-refractivity contribution >= 4 is 28.6 Å². The van der Waals surface area contributed by atoms with Gasteiger partial charge in [-0.1, -0.05) is 18.5 Å². The number of benzene rings is 1. The molecule has 1 aromatic heterocycles. The van der Waals surface area contributed by atoms with Gasteiger partial charge < -0.3 is 5.11 Å². The molecule has 2 aromatic rings. The van der Waals surface area contributed by atoms with E-state index >= 15 is 0 Å². The number of aryl methyl sites for hydroxylation is 1. The predicted molar refractivity (Wildman–Crippen MR) is 74.5 cm³/mol. The van der Waals surface area contributed by atoms with Crippen LogP contribution in [0, 0.1) is 10.1 Å². The monoisotopic (exact) mass is 298 g/mol. The van der Waals surface area contributed by atoms with Crippen LogP contribution in [0.2, 0.25) is 5.02 Å². The number of nitrogens with zero attached hydrogens (tertiary/aromatic N) is 2. The fourth-order valence-electron chi connectivity index (χ4n) is 1.69. The Balaban J connectivity index is 2.50. The molecule has 0 radical (unpaired) electrons. The molecule has 100 valence electrons. The molecule has 0 aliphatic heterocycles. The number of thiazole rings is 1. The maximum atomic E-state index is 10.9. The van der Waals surface area contributed by atoms with Gasteiger partial charge in [0.1, 0.15) is 10.0 Å². The Bertz CT molecular complexity index is 606. The minimum Gasteiger partial charge on any atom is -0.390 e. The molecule has 1 heterocycles. The number of hydrogen-bond acceptors (Lipinski definition) is 5. The van der Waals surface area contributed by atoms with Gasteiger partial charge in [0.15, 0.2) is 0 Å². The van der Waals surface area contributed by atoms with Gasteiger partial charge in [-0.15, -0.1) is 11.3 Å². The van der Waals surface area contributed by atoms with Crippen LogP contribution in [0.1, 0.15) is 17.5 Å².